The second-order valence-corrected chi connectivity index (χ2v) is 3.92. The Bertz CT molecular complexity index is 404. The van der Waals surface area contributed by atoms with Gasteiger partial charge in [0, 0.05) is 24.9 Å². The Balaban J connectivity index is 2.32. The molecule has 0 aliphatic rings. The van der Waals surface area contributed by atoms with Crippen LogP contribution in [0.25, 0.3) is 0 Å². The minimum absolute atomic E-state index is 0.125. The van der Waals surface area contributed by atoms with Gasteiger partial charge < -0.3 is 11.1 Å². The van der Waals surface area contributed by atoms with Crippen LogP contribution in [-0.4, -0.2) is 24.8 Å². The van der Waals surface area contributed by atoms with Crippen LogP contribution in [-0.2, 0) is 4.79 Å². The number of Topliss-reactive ketones (excluding diaryl/α,β-unsaturated/α-hetero) is 1. The van der Waals surface area contributed by atoms with Crippen molar-refractivity contribution in [1.82, 2.24) is 5.32 Å². The van der Waals surface area contributed by atoms with Crippen LogP contribution in [0.5, 0.6) is 0 Å². The average molecular weight is 252 g/mol. The minimum atomic E-state index is -0.383. The van der Waals surface area contributed by atoms with E-state index in [0.717, 1.165) is 6.42 Å². The fraction of sp³-hybridized carbons (Fsp3) is 0.385. The molecule has 1 amide bonds. The first-order valence-electron chi connectivity index (χ1n) is 5.89. The topological polar surface area (TPSA) is 72.2 Å². The van der Waals surface area contributed by atoms with Gasteiger partial charge in [-0.2, -0.15) is 0 Å². The smallest absolute Gasteiger partial charge is 0.220 e. The number of amides is 1. The number of benzene rings is 1. The van der Waals surface area contributed by atoms with E-state index in [2.05, 4.69) is 5.32 Å². The average Bonchev–Trinajstić information content (AvgIpc) is 2.37. The zero-order valence-electron chi connectivity index (χ0n) is 10.1. The normalized spacial score (nSPS) is 10.1. The largest absolute Gasteiger partial charge is 0.356 e. The first kappa shape index (κ1) is 14.3. The van der Waals surface area contributed by atoms with Gasteiger partial charge in [-0.1, -0.05) is 0 Å². The Morgan fingerprint density at radius 1 is 1.17 bits per heavy atom. The molecule has 98 valence electrons. The lowest BCUT2D eigenvalue weighted by Gasteiger charge is -2.04. The zero-order chi connectivity index (χ0) is 13.4. The molecular weight excluding hydrogens is 235 g/mol. The van der Waals surface area contributed by atoms with Crippen LogP contribution < -0.4 is 11.1 Å². The standard InChI is InChI=1S/C13H17FN2O2/c14-11-4-2-10(3-5-11)12(17)6-7-13(18)16-9-1-8-15/h2-5H,1,6-9,15H2,(H,16,18). The van der Waals surface area contributed by atoms with E-state index in [-0.39, 0.29) is 30.3 Å². The van der Waals surface area contributed by atoms with Crippen LogP contribution in [0.2, 0.25) is 0 Å². The summed E-state index contributed by atoms with van der Waals surface area (Å²) in [6.07, 6.45) is 0.985. The molecule has 0 fully saturated rings. The number of nitrogens with two attached hydrogens (primary N) is 1. The fourth-order valence-corrected chi connectivity index (χ4v) is 1.43. The molecule has 0 aliphatic heterocycles. The molecule has 0 aliphatic carbocycles. The maximum absolute atomic E-state index is 12.7. The third kappa shape index (κ3) is 5.05. The van der Waals surface area contributed by atoms with Gasteiger partial charge in [0.15, 0.2) is 5.78 Å². The van der Waals surface area contributed by atoms with Gasteiger partial charge >= 0.3 is 0 Å². The van der Waals surface area contributed by atoms with Crippen molar-refractivity contribution >= 4 is 11.7 Å². The Morgan fingerprint density at radius 3 is 2.44 bits per heavy atom. The van der Waals surface area contributed by atoms with Crippen LogP contribution >= 0.6 is 0 Å². The highest BCUT2D eigenvalue weighted by molar-refractivity contribution is 5.97. The number of rotatable bonds is 7. The van der Waals surface area contributed by atoms with Gasteiger partial charge in [-0.25, -0.2) is 4.39 Å². The van der Waals surface area contributed by atoms with Crippen molar-refractivity contribution in [2.45, 2.75) is 19.3 Å². The van der Waals surface area contributed by atoms with Crippen molar-refractivity contribution in [1.29, 1.82) is 0 Å². The van der Waals surface area contributed by atoms with Crippen molar-refractivity contribution in [2.24, 2.45) is 5.73 Å². The number of hydrogen-bond acceptors (Lipinski definition) is 3. The molecule has 0 heterocycles. The predicted octanol–water partition coefficient (Wildman–Crippen LogP) is 1.25. The van der Waals surface area contributed by atoms with Crippen molar-refractivity contribution in [3.8, 4) is 0 Å². The summed E-state index contributed by atoms with van der Waals surface area (Å²) in [5, 5.41) is 2.67. The monoisotopic (exact) mass is 252 g/mol. The van der Waals surface area contributed by atoms with E-state index in [1.54, 1.807) is 0 Å². The second kappa shape index (κ2) is 7.55. The zero-order valence-corrected chi connectivity index (χ0v) is 10.1. The van der Waals surface area contributed by atoms with Gasteiger partial charge in [0.1, 0.15) is 5.82 Å². The maximum atomic E-state index is 12.7. The molecule has 3 N–H and O–H groups in total. The number of carbonyl (C=O) groups excluding carboxylic acids is 2. The fourth-order valence-electron chi connectivity index (χ4n) is 1.43. The quantitative estimate of drug-likeness (QED) is 0.566. The van der Waals surface area contributed by atoms with Gasteiger partial charge in [-0.3, -0.25) is 9.59 Å². The molecule has 1 aromatic carbocycles. The van der Waals surface area contributed by atoms with E-state index >= 15 is 0 Å². The van der Waals surface area contributed by atoms with Gasteiger partial charge in [-0.05, 0) is 37.2 Å². The summed E-state index contributed by atoms with van der Waals surface area (Å²) < 4.78 is 12.7. The second-order valence-electron chi connectivity index (χ2n) is 3.92. The molecule has 0 unspecified atom stereocenters. The minimum Gasteiger partial charge on any atom is -0.356 e. The van der Waals surface area contributed by atoms with Gasteiger partial charge in [0.05, 0.1) is 0 Å². The Hall–Kier alpha value is -1.75. The molecule has 0 aromatic heterocycles. The lowest BCUT2D eigenvalue weighted by Crippen LogP contribution is -2.26. The summed E-state index contributed by atoms with van der Waals surface area (Å²) in [4.78, 5) is 23.0. The van der Waals surface area contributed by atoms with Crippen LogP contribution in [0, 0.1) is 5.82 Å². The van der Waals surface area contributed by atoms with E-state index in [4.69, 9.17) is 5.73 Å². The van der Waals surface area contributed by atoms with E-state index < -0.39 is 0 Å². The van der Waals surface area contributed by atoms with Crippen LogP contribution in [0.15, 0.2) is 24.3 Å². The number of halogens is 1. The van der Waals surface area contributed by atoms with Crippen molar-refractivity contribution in [3.63, 3.8) is 0 Å². The first-order chi connectivity index (χ1) is 8.63. The first-order valence-corrected chi connectivity index (χ1v) is 5.89. The summed E-state index contributed by atoms with van der Waals surface area (Å²) in [7, 11) is 0. The van der Waals surface area contributed by atoms with Crippen LogP contribution in [0.4, 0.5) is 4.39 Å². The third-order valence-electron chi connectivity index (χ3n) is 2.45. The van der Waals surface area contributed by atoms with Crippen molar-refractivity contribution in [3.05, 3.63) is 35.6 Å². The maximum Gasteiger partial charge on any atom is 0.220 e. The Kier molecular flexibility index (Phi) is 6.00. The van der Waals surface area contributed by atoms with Gasteiger partial charge in [0.2, 0.25) is 5.91 Å². The molecule has 0 saturated carbocycles. The summed E-state index contributed by atoms with van der Waals surface area (Å²) in [5.41, 5.74) is 5.71. The molecule has 1 aromatic rings. The molecule has 4 nitrogen and oxygen atoms in total. The highest BCUT2D eigenvalue weighted by Crippen LogP contribution is 2.07. The molecule has 0 bridgehead atoms. The molecule has 0 radical (unpaired) electrons. The SMILES string of the molecule is NCCCNC(=O)CCC(=O)c1ccc(F)cc1. The highest BCUT2D eigenvalue weighted by Gasteiger charge is 2.08. The molecular formula is C13H17FN2O2. The molecule has 18 heavy (non-hydrogen) atoms. The highest BCUT2D eigenvalue weighted by atomic mass is 19.1. The Morgan fingerprint density at radius 2 is 1.83 bits per heavy atom. The number of hydrogen-bond donors (Lipinski definition) is 2. The van der Waals surface area contributed by atoms with Crippen molar-refractivity contribution in [2.75, 3.05) is 13.1 Å². The number of carbonyl (C=O) groups is 2. The Labute approximate surface area is 105 Å². The van der Waals surface area contributed by atoms with E-state index in [0.29, 0.717) is 18.7 Å². The van der Waals surface area contributed by atoms with Gasteiger partial charge in [-0.15, -0.1) is 0 Å². The lowest BCUT2D eigenvalue weighted by atomic mass is 10.1. The van der Waals surface area contributed by atoms with E-state index in [1.165, 1.54) is 24.3 Å². The van der Waals surface area contributed by atoms with Crippen LogP contribution in [0.1, 0.15) is 29.6 Å². The third-order valence-corrected chi connectivity index (χ3v) is 2.45. The van der Waals surface area contributed by atoms with Crippen LogP contribution in [0.3, 0.4) is 0 Å². The molecule has 5 heteroatoms. The predicted molar refractivity (Wildman–Crippen MR) is 66.6 cm³/mol. The molecule has 0 saturated heterocycles. The van der Waals surface area contributed by atoms with E-state index in [9.17, 15) is 14.0 Å². The van der Waals surface area contributed by atoms with Gasteiger partial charge in [0.25, 0.3) is 0 Å². The summed E-state index contributed by atoms with van der Waals surface area (Å²) in [6.45, 7) is 1.05. The van der Waals surface area contributed by atoms with Crippen molar-refractivity contribution < 1.29 is 14.0 Å². The summed E-state index contributed by atoms with van der Waals surface area (Å²) in [5.74, 6) is -0.714. The molecule has 1 rings (SSSR count). The summed E-state index contributed by atoms with van der Waals surface area (Å²) in [6, 6.07) is 5.30. The molecule has 0 spiro atoms. The number of nitrogens with one attached hydrogen (secondary N) is 1. The van der Waals surface area contributed by atoms with E-state index in [1.807, 2.05) is 0 Å². The lowest BCUT2D eigenvalue weighted by molar-refractivity contribution is -0.121. The number of ketones is 1. The molecule has 0 atom stereocenters. The summed E-state index contributed by atoms with van der Waals surface area (Å²) >= 11 is 0.